The lowest BCUT2D eigenvalue weighted by Gasteiger charge is -2.03. The molecule has 2 rings (SSSR count). The van der Waals surface area contributed by atoms with E-state index in [0.717, 1.165) is 18.7 Å². The van der Waals surface area contributed by atoms with Gasteiger partial charge in [-0.1, -0.05) is 0 Å². The van der Waals surface area contributed by atoms with Gasteiger partial charge < -0.3 is 16.8 Å². The lowest BCUT2D eigenvalue weighted by Crippen LogP contribution is -1.96. The molecule has 0 aromatic heterocycles. The van der Waals surface area contributed by atoms with Gasteiger partial charge in [0.05, 0.1) is 11.4 Å². The quantitative estimate of drug-likeness (QED) is 0.585. The predicted molar refractivity (Wildman–Crippen MR) is 62.0 cm³/mol. The highest BCUT2D eigenvalue weighted by Crippen LogP contribution is 2.28. The van der Waals surface area contributed by atoms with Crippen molar-refractivity contribution in [3.05, 3.63) is 17.7 Å². The molecule has 1 aliphatic heterocycles. The highest BCUT2D eigenvalue weighted by Gasteiger charge is 2.10. The summed E-state index contributed by atoms with van der Waals surface area (Å²) in [5.41, 5.74) is 15.0. The minimum Gasteiger partial charge on any atom is -0.397 e. The Kier molecular flexibility index (Phi) is 4.17. The molecule has 0 bridgehead atoms. The monoisotopic (exact) mass is 221 g/mol. The van der Waals surface area contributed by atoms with Crippen molar-refractivity contribution in [3.63, 3.8) is 0 Å². The zero-order chi connectivity index (χ0) is 7.84. The molecule has 5 heteroatoms. The molecule has 74 valence electrons. The van der Waals surface area contributed by atoms with Crippen molar-refractivity contribution in [2.75, 3.05) is 23.3 Å². The fourth-order valence-corrected chi connectivity index (χ4v) is 1.38. The Morgan fingerprint density at radius 3 is 2.38 bits per heavy atom. The molecule has 0 amide bonds. The minimum atomic E-state index is 0. The van der Waals surface area contributed by atoms with E-state index in [2.05, 4.69) is 5.32 Å². The lowest BCUT2D eigenvalue weighted by molar-refractivity contribution is 1.11. The molecule has 0 atom stereocenters. The molecule has 0 spiro atoms. The first-order chi connectivity index (χ1) is 5.27. The average Bonchev–Trinajstić information content (AvgIpc) is 2.36. The molecule has 5 N–H and O–H groups in total. The fraction of sp³-hybridized carbons (Fsp3) is 0.250. The van der Waals surface area contributed by atoms with Crippen LogP contribution in [0.1, 0.15) is 5.56 Å². The van der Waals surface area contributed by atoms with Gasteiger partial charge >= 0.3 is 0 Å². The second-order valence-electron chi connectivity index (χ2n) is 2.82. The predicted octanol–water partition coefficient (Wildman–Crippen LogP) is 1.66. The SMILES string of the molecule is Cl.Cl.Nc1cc2c(cc1N)NCC2. The zero-order valence-electron chi connectivity index (χ0n) is 7.04. The Hall–Kier alpha value is -0.800. The van der Waals surface area contributed by atoms with Crippen molar-refractivity contribution in [2.45, 2.75) is 6.42 Å². The molecule has 0 unspecified atom stereocenters. The van der Waals surface area contributed by atoms with Crippen LogP contribution in [-0.2, 0) is 6.42 Å². The van der Waals surface area contributed by atoms with Crippen LogP contribution in [0.5, 0.6) is 0 Å². The van der Waals surface area contributed by atoms with Crippen LogP contribution < -0.4 is 16.8 Å². The molecule has 1 aromatic rings. The van der Waals surface area contributed by atoms with Crippen LogP contribution in [0.15, 0.2) is 12.1 Å². The van der Waals surface area contributed by atoms with Gasteiger partial charge in [-0.05, 0) is 24.1 Å². The van der Waals surface area contributed by atoms with E-state index in [1.165, 1.54) is 5.56 Å². The van der Waals surface area contributed by atoms with Gasteiger partial charge in [0.15, 0.2) is 0 Å². The molecule has 0 aliphatic carbocycles. The summed E-state index contributed by atoms with van der Waals surface area (Å²) in [7, 11) is 0. The Bertz CT molecular complexity index is 273. The van der Waals surface area contributed by atoms with E-state index in [1.807, 2.05) is 12.1 Å². The Morgan fingerprint density at radius 1 is 1.08 bits per heavy atom. The van der Waals surface area contributed by atoms with Crippen molar-refractivity contribution in [2.24, 2.45) is 0 Å². The van der Waals surface area contributed by atoms with Gasteiger partial charge in [-0.2, -0.15) is 0 Å². The van der Waals surface area contributed by atoms with E-state index in [4.69, 9.17) is 11.5 Å². The fourth-order valence-electron chi connectivity index (χ4n) is 1.38. The molecule has 3 nitrogen and oxygen atoms in total. The van der Waals surface area contributed by atoms with E-state index in [-0.39, 0.29) is 24.8 Å². The lowest BCUT2D eigenvalue weighted by atomic mass is 10.1. The molecular weight excluding hydrogens is 209 g/mol. The number of benzene rings is 1. The third-order valence-corrected chi connectivity index (χ3v) is 2.02. The summed E-state index contributed by atoms with van der Waals surface area (Å²) >= 11 is 0. The summed E-state index contributed by atoms with van der Waals surface area (Å²) in [6.07, 6.45) is 1.06. The molecule has 1 aliphatic rings. The van der Waals surface area contributed by atoms with Crippen molar-refractivity contribution in [1.82, 2.24) is 0 Å². The first-order valence-electron chi connectivity index (χ1n) is 3.69. The molecule has 1 aromatic carbocycles. The summed E-state index contributed by atoms with van der Waals surface area (Å²) < 4.78 is 0. The largest absolute Gasteiger partial charge is 0.397 e. The van der Waals surface area contributed by atoms with Gasteiger partial charge in [-0.3, -0.25) is 0 Å². The van der Waals surface area contributed by atoms with Crippen LogP contribution in [0, 0.1) is 0 Å². The first-order valence-corrected chi connectivity index (χ1v) is 3.69. The van der Waals surface area contributed by atoms with Gasteiger partial charge in [-0.25, -0.2) is 0 Å². The Balaban J connectivity index is 0.000000720. The summed E-state index contributed by atoms with van der Waals surface area (Å²) in [5, 5.41) is 3.23. The van der Waals surface area contributed by atoms with Gasteiger partial charge in [0.25, 0.3) is 0 Å². The highest BCUT2D eigenvalue weighted by molar-refractivity contribution is 5.85. The van der Waals surface area contributed by atoms with Gasteiger partial charge in [0, 0.05) is 12.2 Å². The molecular formula is C8H13Cl2N3. The molecule has 0 saturated heterocycles. The van der Waals surface area contributed by atoms with Crippen LogP contribution >= 0.6 is 24.8 Å². The molecule has 0 fully saturated rings. The average molecular weight is 222 g/mol. The second kappa shape index (κ2) is 4.44. The third kappa shape index (κ3) is 2.11. The number of nitrogen functional groups attached to an aromatic ring is 2. The summed E-state index contributed by atoms with van der Waals surface area (Å²) in [6.45, 7) is 0.998. The van der Waals surface area contributed by atoms with Gasteiger partial charge in [-0.15, -0.1) is 24.8 Å². The van der Waals surface area contributed by atoms with E-state index in [0.29, 0.717) is 11.4 Å². The van der Waals surface area contributed by atoms with Crippen LogP contribution in [0.4, 0.5) is 17.1 Å². The topological polar surface area (TPSA) is 64.1 Å². The Morgan fingerprint density at radius 2 is 1.69 bits per heavy atom. The number of anilines is 3. The minimum absolute atomic E-state index is 0. The van der Waals surface area contributed by atoms with Crippen molar-refractivity contribution >= 4 is 41.9 Å². The summed E-state index contributed by atoms with van der Waals surface area (Å²) in [5.74, 6) is 0. The first kappa shape index (κ1) is 12.2. The smallest absolute Gasteiger partial charge is 0.0568 e. The van der Waals surface area contributed by atoms with E-state index < -0.39 is 0 Å². The maximum atomic E-state index is 5.64. The van der Waals surface area contributed by atoms with E-state index in [1.54, 1.807) is 0 Å². The molecule has 0 radical (unpaired) electrons. The van der Waals surface area contributed by atoms with Crippen LogP contribution in [-0.4, -0.2) is 6.54 Å². The van der Waals surface area contributed by atoms with E-state index in [9.17, 15) is 0 Å². The van der Waals surface area contributed by atoms with Gasteiger partial charge in [0.2, 0.25) is 0 Å². The van der Waals surface area contributed by atoms with Crippen LogP contribution in [0.25, 0.3) is 0 Å². The highest BCUT2D eigenvalue weighted by atomic mass is 35.5. The number of rotatable bonds is 0. The normalized spacial score (nSPS) is 12.0. The number of hydrogen-bond donors (Lipinski definition) is 3. The van der Waals surface area contributed by atoms with Gasteiger partial charge in [0.1, 0.15) is 0 Å². The molecule has 13 heavy (non-hydrogen) atoms. The van der Waals surface area contributed by atoms with Crippen molar-refractivity contribution in [3.8, 4) is 0 Å². The third-order valence-electron chi connectivity index (χ3n) is 2.02. The number of halogens is 2. The van der Waals surface area contributed by atoms with Crippen molar-refractivity contribution < 1.29 is 0 Å². The number of fused-ring (bicyclic) bond motifs is 1. The maximum absolute atomic E-state index is 5.64. The maximum Gasteiger partial charge on any atom is 0.0568 e. The molecule has 0 saturated carbocycles. The number of nitrogens with one attached hydrogen (secondary N) is 1. The Labute approximate surface area is 89.7 Å². The second-order valence-corrected chi connectivity index (χ2v) is 2.82. The van der Waals surface area contributed by atoms with Crippen molar-refractivity contribution in [1.29, 1.82) is 0 Å². The van der Waals surface area contributed by atoms with Crippen LogP contribution in [0.3, 0.4) is 0 Å². The number of hydrogen-bond acceptors (Lipinski definition) is 3. The molecule has 1 heterocycles. The number of nitrogens with two attached hydrogens (primary N) is 2. The van der Waals surface area contributed by atoms with Crippen LogP contribution in [0.2, 0.25) is 0 Å². The van der Waals surface area contributed by atoms with E-state index >= 15 is 0 Å². The standard InChI is InChI=1S/C8H11N3.2ClH/c9-6-3-5-1-2-11-8(5)4-7(6)10;;/h3-4,11H,1-2,9-10H2;2*1H. The summed E-state index contributed by atoms with van der Waals surface area (Å²) in [4.78, 5) is 0. The summed E-state index contributed by atoms with van der Waals surface area (Å²) in [6, 6.07) is 3.85. The zero-order valence-corrected chi connectivity index (χ0v) is 8.67.